The number of carbonyl (C=O) groups is 3. The van der Waals surface area contributed by atoms with Gasteiger partial charge in [0.05, 0.1) is 29.7 Å². The Morgan fingerprint density at radius 2 is 1.68 bits per heavy atom. The number of ether oxygens (including phenoxy) is 2. The number of methoxy groups -OCH3 is 1. The quantitative estimate of drug-likeness (QED) is 0.346. The van der Waals surface area contributed by atoms with Gasteiger partial charge < -0.3 is 19.9 Å². The third-order valence-electron chi connectivity index (χ3n) is 13.1. The van der Waals surface area contributed by atoms with E-state index in [1.165, 1.54) is 7.11 Å². The summed E-state index contributed by atoms with van der Waals surface area (Å²) in [5.74, 6) is -0.896. The molecule has 8 heteroatoms. The molecule has 0 aliphatic heterocycles. The van der Waals surface area contributed by atoms with Crippen LogP contribution in [-0.4, -0.2) is 47.3 Å². The fourth-order valence-electron chi connectivity index (χ4n) is 10.7. The lowest BCUT2D eigenvalue weighted by Gasteiger charge is -2.69. The normalized spacial score (nSPS) is 44.3. The first-order valence-corrected chi connectivity index (χ1v) is 16.3. The first kappa shape index (κ1) is 32.7. The van der Waals surface area contributed by atoms with Gasteiger partial charge in [-0.1, -0.05) is 46.3 Å². The molecule has 3 unspecified atom stereocenters. The Morgan fingerprint density at radius 3 is 2.27 bits per heavy atom. The van der Waals surface area contributed by atoms with Gasteiger partial charge in [0.15, 0.2) is 5.78 Å². The van der Waals surface area contributed by atoms with Crippen LogP contribution in [0.25, 0.3) is 0 Å². The Hall–Kier alpha value is -2.66. The fraction of sp³-hybridized carbons (Fsp3) is 0.778. The Labute approximate surface area is 263 Å². The number of rotatable bonds is 2. The van der Waals surface area contributed by atoms with Crippen molar-refractivity contribution in [2.45, 2.75) is 125 Å². The minimum Gasteiger partial charge on any atom is -0.469 e. The first-order valence-electron chi connectivity index (χ1n) is 16.3. The number of hydrogen-bond donors (Lipinski definition) is 2. The van der Waals surface area contributed by atoms with Gasteiger partial charge in [-0.05, 0) is 107 Å². The van der Waals surface area contributed by atoms with Crippen molar-refractivity contribution in [1.82, 2.24) is 5.32 Å². The van der Waals surface area contributed by atoms with E-state index < -0.39 is 45.0 Å². The van der Waals surface area contributed by atoms with Gasteiger partial charge in [-0.15, -0.1) is 0 Å². The summed E-state index contributed by atoms with van der Waals surface area (Å²) >= 11 is 0. The number of nitrogens with one attached hydrogen (secondary N) is 1. The van der Waals surface area contributed by atoms with Crippen LogP contribution in [0, 0.1) is 56.2 Å². The summed E-state index contributed by atoms with van der Waals surface area (Å²) in [5.41, 5.74) is -3.08. The average Bonchev–Trinajstić information content (AvgIpc) is 2.90. The Bertz CT molecular complexity index is 1380. The summed E-state index contributed by atoms with van der Waals surface area (Å²) in [4.78, 5) is 41.3. The standard InChI is InChI=1S/C36H52N2O6/c1-30(2,3)44-29(42)38-35(9)24-11-12-33(7)25(32(24,6)18-21(20-37)27(35)40)17-23(39)26-22-19-31(4,5)13-15-36(22,28(41)43-10)16-14-34(26,33)8/h17-18,22,24,26-27,40H,11-16,19H2,1-10H3,(H,38,42)/t22?,24-,26?,27?,32+,33-,34-,35+,36+/m1/s1. The lowest BCUT2D eigenvalue weighted by Crippen LogP contribution is -2.70. The molecule has 0 radical (unpaired) electrons. The van der Waals surface area contributed by atoms with Crippen molar-refractivity contribution < 1.29 is 29.0 Å². The van der Waals surface area contributed by atoms with Gasteiger partial charge in [0.1, 0.15) is 11.7 Å². The van der Waals surface area contributed by atoms with Crippen LogP contribution in [0.1, 0.15) is 107 Å². The molecule has 2 N–H and O–H groups in total. The lowest BCUT2D eigenvalue weighted by atomic mass is 9.34. The predicted octanol–water partition coefficient (Wildman–Crippen LogP) is 6.43. The van der Waals surface area contributed by atoms with E-state index in [-0.39, 0.29) is 40.5 Å². The number of esters is 1. The van der Waals surface area contributed by atoms with Crippen LogP contribution >= 0.6 is 0 Å². The second-order valence-electron chi connectivity index (χ2n) is 17.2. The zero-order valence-corrected chi connectivity index (χ0v) is 28.3. The van der Waals surface area contributed by atoms with Crippen LogP contribution in [0.2, 0.25) is 0 Å². The maximum absolute atomic E-state index is 14.6. The van der Waals surface area contributed by atoms with E-state index in [1.54, 1.807) is 27.7 Å². The summed E-state index contributed by atoms with van der Waals surface area (Å²) in [6.45, 7) is 18.2. The van der Waals surface area contributed by atoms with E-state index in [1.807, 2.05) is 12.2 Å². The minimum atomic E-state index is -1.23. The summed E-state index contributed by atoms with van der Waals surface area (Å²) in [6, 6.07) is 2.20. The van der Waals surface area contributed by atoms with Crippen molar-refractivity contribution in [1.29, 1.82) is 5.26 Å². The molecule has 0 saturated heterocycles. The van der Waals surface area contributed by atoms with E-state index in [0.717, 1.165) is 37.7 Å². The number of allylic oxidation sites excluding steroid dienone is 3. The number of carbonyl (C=O) groups excluding carboxylic acids is 3. The second-order valence-corrected chi connectivity index (χ2v) is 17.2. The number of aliphatic hydroxyl groups excluding tert-OH is 1. The maximum Gasteiger partial charge on any atom is 0.408 e. The second kappa shape index (κ2) is 9.92. The smallest absolute Gasteiger partial charge is 0.408 e. The van der Waals surface area contributed by atoms with Gasteiger partial charge in [-0.3, -0.25) is 9.59 Å². The monoisotopic (exact) mass is 608 g/mol. The molecular weight excluding hydrogens is 556 g/mol. The largest absolute Gasteiger partial charge is 0.469 e. The Morgan fingerprint density at radius 1 is 1.05 bits per heavy atom. The fourth-order valence-corrected chi connectivity index (χ4v) is 10.7. The molecule has 44 heavy (non-hydrogen) atoms. The van der Waals surface area contributed by atoms with E-state index in [0.29, 0.717) is 12.8 Å². The summed E-state index contributed by atoms with van der Waals surface area (Å²) < 4.78 is 11.0. The number of nitrogens with zero attached hydrogens (tertiary/aromatic N) is 1. The van der Waals surface area contributed by atoms with Crippen molar-refractivity contribution in [3.63, 3.8) is 0 Å². The third-order valence-corrected chi connectivity index (χ3v) is 13.1. The molecule has 0 aromatic rings. The molecular formula is C36H52N2O6. The summed E-state index contributed by atoms with van der Waals surface area (Å²) in [6.07, 6.45) is 7.03. The van der Waals surface area contributed by atoms with E-state index in [2.05, 4.69) is 46.0 Å². The minimum absolute atomic E-state index is 0.00828. The molecule has 0 aromatic heterocycles. The molecule has 3 saturated carbocycles. The number of nitriles is 1. The topological polar surface area (TPSA) is 126 Å². The van der Waals surface area contributed by atoms with Crippen LogP contribution in [0.15, 0.2) is 23.3 Å². The average molecular weight is 609 g/mol. The predicted molar refractivity (Wildman–Crippen MR) is 166 cm³/mol. The van der Waals surface area contributed by atoms with Gasteiger partial charge in [0.25, 0.3) is 0 Å². The Kier molecular flexibility index (Phi) is 7.38. The summed E-state index contributed by atoms with van der Waals surface area (Å²) in [5, 5.41) is 24.7. The molecule has 0 aromatic carbocycles. The highest BCUT2D eigenvalue weighted by molar-refractivity contribution is 5.96. The number of aliphatic hydroxyl groups is 1. The van der Waals surface area contributed by atoms with Crippen molar-refractivity contribution >= 4 is 17.8 Å². The highest BCUT2D eigenvalue weighted by Crippen LogP contribution is 2.74. The van der Waals surface area contributed by atoms with E-state index in [9.17, 15) is 24.8 Å². The van der Waals surface area contributed by atoms with Crippen LogP contribution in [0.4, 0.5) is 4.79 Å². The van der Waals surface area contributed by atoms with E-state index >= 15 is 0 Å². The zero-order chi connectivity index (χ0) is 32.9. The van der Waals surface area contributed by atoms with Crippen molar-refractivity contribution in [2.24, 2.45) is 44.8 Å². The van der Waals surface area contributed by atoms with E-state index in [4.69, 9.17) is 9.47 Å². The molecule has 0 bridgehead atoms. The highest BCUT2D eigenvalue weighted by Gasteiger charge is 2.71. The van der Waals surface area contributed by atoms with Gasteiger partial charge in [-0.25, -0.2) is 4.79 Å². The molecule has 242 valence electrons. The number of hydrogen-bond acceptors (Lipinski definition) is 7. The van der Waals surface area contributed by atoms with Crippen LogP contribution < -0.4 is 5.32 Å². The van der Waals surface area contributed by atoms with Gasteiger partial charge in [0.2, 0.25) is 0 Å². The molecule has 0 spiro atoms. The molecule has 5 rings (SSSR count). The first-order chi connectivity index (χ1) is 20.1. The third kappa shape index (κ3) is 4.42. The highest BCUT2D eigenvalue weighted by atomic mass is 16.6. The van der Waals surface area contributed by atoms with Crippen LogP contribution in [-0.2, 0) is 19.1 Å². The van der Waals surface area contributed by atoms with Crippen molar-refractivity contribution in [3.05, 3.63) is 23.3 Å². The summed E-state index contributed by atoms with van der Waals surface area (Å²) in [7, 11) is 1.46. The molecule has 3 fully saturated rings. The molecule has 1 amide bonds. The number of amides is 1. The number of fused-ring (bicyclic) bond motifs is 7. The molecule has 0 heterocycles. The number of alkyl carbamates (subject to hydrolysis) is 1. The molecule has 8 nitrogen and oxygen atoms in total. The Balaban J connectivity index is 1.65. The zero-order valence-electron chi connectivity index (χ0n) is 28.3. The van der Waals surface area contributed by atoms with Crippen molar-refractivity contribution in [3.8, 4) is 6.07 Å². The SMILES string of the molecule is COC(=O)[C@]12CCC(C)(C)CC1C1C(=O)C=C3[C@@]4(C)C=C(C#N)C(O)[C@@](C)(NC(=O)OC(C)(C)C)[C@@H]4CC[C@@]3(C)[C@]1(C)CC2. The molecule has 5 aliphatic rings. The van der Waals surface area contributed by atoms with Gasteiger partial charge >= 0.3 is 12.1 Å². The maximum atomic E-state index is 14.6. The lowest BCUT2D eigenvalue weighted by molar-refractivity contribution is -0.191. The molecule has 5 aliphatic carbocycles. The van der Waals surface area contributed by atoms with Crippen LogP contribution in [0.5, 0.6) is 0 Å². The van der Waals surface area contributed by atoms with Crippen LogP contribution in [0.3, 0.4) is 0 Å². The van der Waals surface area contributed by atoms with Crippen molar-refractivity contribution in [2.75, 3.05) is 7.11 Å². The van der Waals surface area contributed by atoms with Gasteiger partial charge in [-0.2, -0.15) is 5.26 Å². The molecule has 9 atom stereocenters. The van der Waals surface area contributed by atoms with Gasteiger partial charge in [0, 0.05) is 11.3 Å². The number of ketones is 1.